The fraction of sp³-hybridized carbons (Fsp3) is 0.0526. The molecule has 1 N–H and O–H groups in total. The number of allylic oxidation sites excluding steroid dienone is 3. The Hall–Kier alpha value is -3.14. The van der Waals surface area contributed by atoms with Gasteiger partial charge in [0.2, 0.25) is 0 Å². The monoisotopic (exact) mass is 307 g/mol. The first-order chi connectivity index (χ1) is 11.2. The molecular weight excluding hydrogens is 290 g/mol. The molecule has 0 aliphatic carbocycles. The fourth-order valence-electron chi connectivity index (χ4n) is 1.79. The molecule has 0 bridgehead atoms. The van der Waals surface area contributed by atoms with Crippen molar-refractivity contribution in [2.45, 2.75) is 6.92 Å². The first-order valence-electron chi connectivity index (χ1n) is 7.16. The van der Waals surface area contributed by atoms with Gasteiger partial charge in [0, 0.05) is 17.3 Å². The maximum Gasteiger partial charge on any atom is 0.336 e. The third-order valence-electron chi connectivity index (χ3n) is 2.90. The van der Waals surface area contributed by atoms with Crippen LogP contribution in [0.1, 0.15) is 17.3 Å². The summed E-state index contributed by atoms with van der Waals surface area (Å²) >= 11 is 0. The Bertz CT molecular complexity index is 716. The molecule has 0 aliphatic heterocycles. The number of nitrogens with one attached hydrogen (secondary N) is 1. The highest BCUT2D eigenvalue weighted by molar-refractivity contribution is 6.04. The molecule has 0 aliphatic rings. The van der Waals surface area contributed by atoms with Crippen LogP contribution in [0.15, 0.2) is 78.9 Å². The fourth-order valence-corrected chi connectivity index (χ4v) is 1.79. The Morgan fingerprint density at radius 1 is 0.957 bits per heavy atom. The number of hydrogen-bond acceptors (Lipinski definition) is 3. The van der Waals surface area contributed by atoms with Crippen molar-refractivity contribution in [3.05, 3.63) is 84.5 Å². The Kier molecular flexibility index (Phi) is 5.89. The predicted molar refractivity (Wildman–Crippen MR) is 90.4 cm³/mol. The number of esters is 1. The lowest BCUT2D eigenvalue weighted by Gasteiger charge is -2.06. The van der Waals surface area contributed by atoms with E-state index in [9.17, 15) is 9.59 Å². The molecular formula is C19H17NO3. The van der Waals surface area contributed by atoms with E-state index in [2.05, 4.69) is 5.32 Å². The van der Waals surface area contributed by atoms with Crippen LogP contribution in [-0.4, -0.2) is 11.9 Å². The number of carbonyl (C=O) groups is 2. The van der Waals surface area contributed by atoms with Gasteiger partial charge in [-0.25, -0.2) is 4.79 Å². The van der Waals surface area contributed by atoms with Crippen molar-refractivity contribution >= 4 is 17.6 Å². The van der Waals surface area contributed by atoms with Crippen LogP contribution in [0, 0.1) is 0 Å². The van der Waals surface area contributed by atoms with Crippen molar-refractivity contribution in [3.8, 4) is 5.75 Å². The SMILES string of the molecule is C/C=C/C=C/C(=O)Oc1ccc(NC(=O)c2ccccc2)cc1. The molecule has 2 aromatic carbocycles. The van der Waals surface area contributed by atoms with Crippen LogP contribution in [0.3, 0.4) is 0 Å². The average Bonchev–Trinajstić information content (AvgIpc) is 2.57. The molecule has 0 spiro atoms. The van der Waals surface area contributed by atoms with E-state index in [-0.39, 0.29) is 5.91 Å². The summed E-state index contributed by atoms with van der Waals surface area (Å²) in [5.41, 5.74) is 1.21. The molecule has 0 saturated heterocycles. The van der Waals surface area contributed by atoms with Crippen LogP contribution in [0.25, 0.3) is 0 Å². The van der Waals surface area contributed by atoms with Gasteiger partial charge in [-0.05, 0) is 43.3 Å². The van der Waals surface area contributed by atoms with Crippen LogP contribution < -0.4 is 10.1 Å². The van der Waals surface area contributed by atoms with Crippen molar-refractivity contribution in [2.75, 3.05) is 5.32 Å². The summed E-state index contributed by atoms with van der Waals surface area (Å²) in [7, 11) is 0. The van der Waals surface area contributed by atoms with Crippen molar-refractivity contribution < 1.29 is 14.3 Å². The number of carbonyl (C=O) groups excluding carboxylic acids is 2. The molecule has 0 fully saturated rings. The van der Waals surface area contributed by atoms with Crippen LogP contribution in [-0.2, 0) is 4.79 Å². The van der Waals surface area contributed by atoms with Crippen LogP contribution >= 0.6 is 0 Å². The number of ether oxygens (including phenoxy) is 1. The number of amides is 1. The van der Waals surface area contributed by atoms with Crippen LogP contribution in [0.2, 0.25) is 0 Å². The summed E-state index contributed by atoms with van der Waals surface area (Å²) in [6.07, 6.45) is 6.50. The quantitative estimate of drug-likeness (QED) is 0.393. The first kappa shape index (κ1) is 16.2. The highest BCUT2D eigenvalue weighted by Crippen LogP contribution is 2.16. The molecule has 2 rings (SSSR count). The predicted octanol–water partition coefficient (Wildman–Crippen LogP) is 3.98. The Morgan fingerprint density at radius 2 is 1.65 bits per heavy atom. The number of benzene rings is 2. The van der Waals surface area contributed by atoms with Crippen LogP contribution in [0.5, 0.6) is 5.75 Å². The van der Waals surface area contributed by atoms with Gasteiger partial charge >= 0.3 is 5.97 Å². The molecule has 116 valence electrons. The van der Waals surface area contributed by atoms with Gasteiger partial charge in [-0.3, -0.25) is 4.79 Å². The zero-order valence-corrected chi connectivity index (χ0v) is 12.7. The molecule has 1 amide bonds. The normalized spacial score (nSPS) is 10.8. The summed E-state index contributed by atoms with van der Waals surface area (Å²) in [4.78, 5) is 23.5. The maximum atomic E-state index is 12.0. The summed E-state index contributed by atoms with van der Waals surface area (Å²) < 4.78 is 5.13. The van der Waals surface area contributed by atoms with Gasteiger partial charge in [-0.15, -0.1) is 0 Å². The zero-order valence-electron chi connectivity index (χ0n) is 12.7. The minimum atomic E-state index is -0.454. The van der Waals surface area contributed by atoms with Gasteiger partial charge in [0.15, 0.2) is 0 Å². The van der Waals surface area contributed by atoms with E-state index in [1.54, 1.807) is 60.7 Å². The van der Waals surface area contributed by atoms with Gasteiger partial charge in [0.1, 0.15) is 5.75 Å². The highest BCUT2D eigenvalue weighted by atomic mass is 16.5. The summed E-state index contributed by atoms with van der Waals surface area (Å²) in [5.74, 6) is -0.230. The van der Waals surface area contributed by atoms with Gasteiger partial charge < -0.3 is 10.1 Å². The second kappa shape index (κ2) is 8.34. The second-order valence-electron chi connectivity index (χ2n) is 4.65. The lowest BCUT2D eigenvalue weighted by atomic mass is 10.2. The van der Waals surface area contributed by atoms with E-state index in [0.717, 1.165) is 0 Å². The van der Waals surface area contributed by atoms with Crippen molar-refractivity contribution in [1.29, 1.82) is 0 Å². The van der Waals surface area contributed by atoms with E-state index in [1.807, 2.05) is 19.1 Å². The largest absolute Gasteiger partial charge is 0.423 e. The Balaban J connectivity index is 1.94. The molecule has 4 nitrogen and oxygen atoms in total. The van der Waals surface area contributed by atoms with Crippen molar-refractivity contribution in [1.82, 2.24) is 0 Å². The first-order valence-corrected chi connectivity index (χ1v) is 7.16. The molecule has 0 saturated carbocycles. The lowest BCUT2D eigenvalue weighted by Crippen LogP contribution is -2.11. The maximum absolute atomic E-state index is 12.0. The van der Waals surface area contributed by atoms with E-state index in [1.165, 1.54) is 6.08 Å². The molecule has 2 aromatic rings. The highest BCUT2D eigenvalue weighted by Gasteiger charge is 2.05. The lowest BCUT2D eigenvalue weighted by molar-refractivity contribution is -0.128. The third kappa shape index (κ3) is 5.28. The second-order valence-corrected chi connectivity index (χ2v) is 4.65. The molecule has 0 heterocycles. The smallest absolute Gasteiger partial charge is 0.336 e. The summed E-state index contributed by atoms with van der Waals surface area (Å²) in [5, 5.41) is 2.78. The van der Waals surface area contributed by atoms with E-state index >= 15 is 0 Å². The standard InChI is InChI=1S/C19H17NO3/c1-2-3-5-10-18(21)23-17-13-11-16(12-14-17)20-19(22)15-8-6-4-7-9-15/h2-14H,1H3,(H,20,22)/b3-2+,10-5+. The molecule has 0 aromatic heterocycles. The van der Waals surface area contributed by atoms with E-state index in [4.69, 9.17) is 4.74 Å². The van der Waals surface area contributed by atoms with Gasteiger partial charge in [0.05, 0.1) is 0 Å². The van der Waals surface area contributed by atoms with Gasteiger partial charge in [0.25, 0.3) is 5.91 Å². The Labute approximate surface area is 135 Å². The number of hydrogen-bond donors (Lipinski definition) is 1. The molecule has 0 unspecified atom stereocenters. The topological polar surface area (TPSA) is 55.4 Å². The molecule has 0 atom stereocenters. The van der Waals surface area contributed by atoms with Crippen molar-refractivity contribution in [2.24, 2.45) is 0 Å². The summed E-state index contributed by atoms with van der Waals surface area (Å²) in [6, 6.07) is 15.6. The molecule has 23 heavy (non-hydrogen) atoms. The van der Waals surface area contributed by atoms with Crippen molar-refractivity contribution in [3.63, 3.8) is 0 Å². The van der Waals surface area contributed by atoms with Gasteiger partial charge in [-0.1, -0.05) is 36.4 Å². The zero-order chi connectivity index (χ0) is 16.5. The minimum absolute atomic E-state index is 0.190. The number of anilines is 1. The summed E-state index contributed by atoms with van der Waals surface area (Å²) in [6.45, 7) is 1.86. The molecule has 0 radical (unpaired) electrons. The van der Waals surface area contributed by atoms with Crippen LogP contribution in [0.4, 0.5) is 5.69 Å². The minimum Gasteiger partial charge on any atom is -0.423 e. The molecule has 4 heteroatoms. The Morgan fingerprint density at radius 3 is 2.30 bits per heavy atom. The van der Waals surface area contributed by atoms with E-state index < -0.39 is 5.97 Å². The third-order valence-corrected chi connectivity index (χ3v) is 2.90. The number of rotatable bonds is 5. The average molecular weight is 307 g/mol. The van der Waals surface area contributed by atoms with Gasteiger partial charge in [-0.2, -0.15) is 0 Å². The van der Waals surface area contributed by atoms with E-state index in [0.29, 0.717) is 17.0 Å².